The Kier molecular flexibility index (Phi) is 3.14. The van der Waals surface area contributed by atoms with Crippen molar-refractivity contribution in [3.05, 3.63) is 23.3 Å². The fourth-order valence-corrected chi connectivity index (χ4v) is 4.67. The van der Waals surface area contributed by atoms with Gasteiger partial charge in [0.05, 0.1) is 0 Å². The third-order valence-electron chi connectivity index (χ3n) is 6.33. The van der Waals surface area contributed by atoms with Crippen molar-refractivity contribution in [2.45, 2.75) is 65.6 Å². The monoisotopic (exact) mass is 290 g/mol. The minimum absolute atomic E-state index is 0.0381. The molecule has 3 nitrogen and oxygen atoms in total. The lowest BCUT2D eigenvalue weighted by atomic mass is 9.48. The molecule has 3 heteroatoms. The van der Waals surface area contributed by atoms with E-state index in [9.17, 15) is 4.79 Å². The van der Waals surface area contributed by atoms with Crippen LogP contribution in [0.3, 0.4) is 0 Å². The fraction of sp³-hybridized carbons (Fsp3) is 0.722. The number of hydrogen-bond donors (Lipinski definition) is 0. The van der Waals surface area contributed by atoms with Crippen molar-refractivity contribution in [1.82, 2.24) is 0 Å². The summed E-state index contributed by atoms with van der Waals surface area (Å²) in [5, 5.41) is 0. The Morgan fingerprint density at radius 1 is 1.38 bits per heavy atom. The van der Waals surface area contributed by atoms with E-state index in [1.165, 1.54) is 12.0 Å². The standard InChI is InChI=1S/C18H26O3/c1-6-20-18-11-16(4)9-7-8-12(2)17(16,5)10-14(18)13(3)15(19)21-18/h2,6-11H2,1,3-5H3/t16-,17?,18+/m1/s1. The molecule has 0 aromatic carbocycles. The summed E-state index contributed by atoms with van der Waals surface area (Å²) in [5.41, 5.74) is 3.23. The smallest absolute Gasteiger partial charge is 0.336 e. The maximum atomic E-state index is 12.1. The molecular formula is C18H26O3. The topological polar surface area (TPSA) is 35.5 Å². The van der Waals surface area contributed by atoms with E-state index >= 15 is 0 Å². The van der Waals surface area contributed by atoms with Gasteiger partial charge in [0.1, 0.15) is 0 Å². The van der Waals surface area contributed by atoms with Crippen LogP contribution in [0.25, 0.3) is 0 Å². The molecule has 1 heterocycles. The second-order valence-corrected chi connectivity index (χ2v) is 7.38. The first kappa shape index (κ1) is 14.8. The van der Waals surface area contributed by atoms with Crippen molar-refractivity contribution < 1.29 is 14.3 Å². The SMILES string of the molecule is C=C1CCC[C@]2(C)C[C@]3(OCC)OC(=O)C(C)=C3CC12C. The van der Waals surface area contributed by atoms with E-state index in [0.717, 1.165) is 36.8 Å². The van der Waals surface area contributed by atoms with E-state index in [4.69, 9.17) is 9.47 Å². The predicted octanol–water partition coefficient (Wildman–Crippen LogP) is 4.14. The lowest BCUT2D eigenvalue weighted by Crippen LogP contribution is -2.55. The first-order valence-electron chi connectivity index (χ1n) is 8.04. The average Bonchev–Trinajstić information content (AvgIpc) is 2.62. The van der Waals surface area contributed by atoms with Gasteiger partial charge in [-0.1, -0.05) is 26.0 Å². The van der Waals surface area contributed by atoms with Crippen LogP contribution in [-0.2, 0) is 14.3 Å². The predicted molar refractivity (Wildman–Crippen MR) is 81.6 cm³/mol. The minimum Gasteiger partial charge on any atom is -0.426 e. The molecule has 21 heavy (non-hydrogen) atoms. The molecule has 1 aliphatic heterocycles. The zero-order valence-electron chi connectivity index (χ0n) is 13.7. The number of esters is 1. The molecule has 2 saturated carbocycles. The molecule has 2 fully saturated rings. The lowest BCUT2D eigenvalue weighted by molar-refractivity contribution is -0.232. The van der Waals surface area contributed by atoms with Gasteiger partial charge in [0.15, 0.2) is 0 Å². The van der Waals surface area contributed by atoms with Crippen LogP contribution in [0.4, 0.5) is 0 Å². The highest BCUT2D eigenvalue weighted by atomic mass is 16.7. The van der Waals surface area contributed by atoms with Gasteiger partial charge in [0, 0.05) is 24.2 Å². The third-order valence-corrected chi connectivity index (χ3v) is 6.33. The van der Waals surface area contributed by atoms with E-state index in [1.54, 1.807) is 0 Å². The number of carbonyl (C=O) groups excluding carboxylic acids is 1. The first-order chi connectivity index (χ1) is 9.78. The average molecular weight is 290 g/mol. The van der Waals surface area contributed by atoms with Gasteiger partial charge in [-0.15, -0.1) is 0 Å². The van der Waals surface area contributed by atoms with Crippen LogP contribution < -0.4 is 0 Å². The zero-order chi connectivity index (χ0) is 15.5. The molecule has 2 aliphatic carbocycles. The zero-order valence-corrected chi connectivity index (χ0v) is 13.7. The summed E-state index contributed by atoms with van der Waals surface area (Å²) in [6.07, 6.45) is 4.98. The maximum absolute atomic E-state index is 12.1. The molecule has 1 unspecified atom stereocenters. The normalized spacial score (nSPS) is 42.7. The molecule has 3 atom stereocenters. The Labute approximate surface area is 127 Å². The van der Waals surface area contributed by atoms with Crippen LogP contribution in [0.1, 0.15) is 59.8 Å². The second kappa shape index (κ2) is 4.45. The largest absolute Gasteiger partial charge is 0.426 e. The summed E-state index contributed by atoms with van der Waals surface area (Å²) >= 11 is 0. The highest BCUT2D eigenvalue weighted by Crippen LogP contribution is 2.66. The van der Waals surface area contributed by atoms with Gasteiger partial charge in [-0.05, 0) is 50.4 Å². The molecule has 3 rings (SSSR count). The number of fused-ring (bicyclic) bond motifs is 2. The number of rotatable bonds is 2. The summed E-state index contributed by atoms with van der Waals surface area (Å²) in [5.74, 6) is -1.03. The van der Waals surface area contributed by atoms with Gasteiger partial charge in [0.2, 0.25) is 5.79 Å². The number of ether oxygens (including phenoxy) is 2. The Balaban J connectivity index is 2.11. The molecule has 3 aliphatic rings. The van der Waals surface area contributed by atoms with Crippen molar-refractivity contribution in [3.8, 4) is 0 Å². The summed E-state index contributed by atoms with van der Waals surface area (Å²) in [6.45, 7) is 13.4. The Morgan fingerprint density at radius 2 is 2.10 bits per heavy atom. The second-order valence-electron chi connectivity index (χ2n) is 7.38. The van der Waals surface area contributed by atoms with E-state index in [1.807, 2.05) is 13.8 Å². The molecule has 0 saturated heterocycles. The first-order valence-corrected chi connectivity index (χ1v) is 8.04. The van der Waals surface area contributed by atoms with E-state index < -0.39 is 5.79 Å². The molecule has 0 radical (unpaired) electrons. The molecule has 0 N–H and O–H groups in total. The van der Waals surface area contributed by atoms with Gasteiger partial charge >= 0.3 is 5.97 Å². The molecular weight excluding hydrogens is 264 g/mol. The van der Waals surface area contributed by atoms with Crippen LogP contribution in [0.5, 0.6) is 0 Å². The summed E-state index contributed by atoms with van der Waals surface area (Å²) < 4.78 is 11.7. The summed E-state index contributed by atoms with van der Waals surface area (Å²) in [6, 6.07) is 0. The Morgan fingerprint density at radius 3 is 2.76 bits per heavy atom. The van der Waals surface area contributed by atoms with Crippen molar-refractivity contribution in [1.29, 1.82) is 0 Å². The van der Waals surface area contributed by atoms with Crippen molar-refractivity contribution in [3.63, 3.8) is 0 Å². The molecule has 0 spiro atoms. The van der Waals surface area contributed by atoms with Gasteiger partial charge in [-0.25, -0.2) is 4.79 Å². The summed E-state index contributed by atoms with van der Waals surface area (Å²) in [4.78, 5) is 12.1. The number of hydrogen-bond acceptors (Lipinski definition) is 3. The van der Waals surface area contributed by atoms with Crippen LogP contribution in [0.15, 0.2) is 23.3 Å². The van der Waals surface area contributed by atoms with Gasteiger partial charge < -0.3 is 9.47 Å². The molecule has 0 aromatic rings. The lowest BCUT2D eigenvalue weighted by Gasteiger charge is -2.58. The van der Waals surface area contributed by atoms with Crippen LogP contribution in [0.2, 0.25) is 0 Å². The van der Waals surface area contributed by atoms with E-state index in [-0.39, 0.29) is 16.8 Å². The highest BCUT2D eigenvalue weighted by molar-refractivity contribution is 5.92. The van der Waals surface area contributed by atoms with Crippen molar-refractivity contribution >= 4 is 5.97 Å². The quantitative estimate of drug-likeness (QED) is 0.566. The van der Waals surface area contributed by atoms with Crippen LogP contribution in [-0.4, -0.2) is 18.4 Å². The Bertz CT molecular complexity index is 547. The molecule has 0 amide bonds. The van der Waals surface area contributed by atoms with Gasteiger partial charge in [-0.3, -0.25) is 0 Å². The molecule has 0 bridgehead atoms. The highest BCUT2D eigenvalue weighted by Gasteiger charge is 2.62. The Hall–Kier alpha value is -1.09. The third kappa shape index (κ3) is 1.79. The van der Waals surface area contributed by atoms with E-state index in [0.29, 0.717) is 6.61 Å². The van der Waals surface area contributed by atoms with Crippen molar-refractivity contribution in [2.75, 3.05) is 6.61 Å². The molecule has 0 aromatic heterocycles. The number of allylic oxidation sites excluding steroid dienone is 1. The summed E-state index contributed by atoms with van der Waals surface area (Å²) in [7, 11) is 0. The van der Waals surface area contributed by atoms with Crippen LogP contribution >= 0.6 is 0 Å². The minimum atomic E-state index is -0.818. The van der Waals surface area contributed by atoms with Crippen LogP contribution in [0, 0.1) is 10.8 Å². The van der Waals surface area contributed by atoms with Gasteiger partial charge in [-0.2, -0.15) is 0 Å². The maximum Gasteiger partial charge on any atom is 0.336 e. The fourth-order valence-electron chi connectivity index (χ4n) is 4.67. The van der Waals surface area contributed by atoms with E-state index in [2.05, 4.69) is 20.4 Å². The van der Waals surface area contributed by atoms with Gasteiger partial charge in [0.25, 0.3) is 0 Å². The molecule has 116 valence electrons. The van der Waals surface area contributed by atoms with Crippen molar-refractivity contribution in [2.24, 2.45) is 10.8 Å². The number of carbonyl (C=O) groups is 1.